The van der Waals surface area contributed by atoms with E-state index in [2.05, 4.69) is 4.98 Å². The summed E-state index contributed by atoms with van der Waals surface area (Å²) >= 11 is 8.33. The van der Waals surface area contributed by atoms with Gasteiger partial charge in [0, 0.05) is 15.8 Å². The summed E-state index contributed by atoms with van der Waals surface area (Å²) in [5, 5.41) is 0.623. The number of hydrogen-bond donors (Lipinski definition) is 1. The number of anilines is 1. The molecule has 0 radical (unpaired) electrons. The molecule has 5 rings (SSSR count). The summed E-state index contributed by atoms with van der Waals surface area (Å²) in [7, 11) is 0. The summed E-state index contributed by atoms with van der Waals surface area (Å²) in [4.78, 5) is 43.3. The average Bonchev–Trinajstić information content (AvgIpc) is 3.24. The number of aromatic amines is 1. The van der Waals surface area contributed by atoms with E-state index in [1.807, 2.05) is 42.5 Å². The molecule has 0 aliphatic carbocycles. The van der Waals surface area contributed by atoms with Crippen molar-refractivity contribution in [2.75, 3.05) is 4.90 Å². The van der Waals surface area contributed by atoms with Crippen LogP contribution in [0.4, 0.5) is 5.69 Å². The van der Waals surface area contributed by atoms with Gasteiger partial charge in [-0.2, -0.15) is 0 Å². The van der Waals surface area contributed by atoms with E-state index < -0.39 is 11.2 Å². The molecular formula is C22H15ClN2O3S2. The molecule has 0 unspecified atom stereocenters. The van der Waals surface area contributed by atoms with Gasteiger partial charge in [-0.05, 0) is 29.8 Å². The van der Waals surface area contributed by atoms with Gasteiger partial charge in [0.15, 0.2) is 0 Å². The minimum absolute atomic E-state index is 0.181. The van der Waals surface area contributed by atoms with Gasteiger partial charge in [-0.15, -0.1) is 0 Å². The molecule has 2 aromatic carbocycles. The maximum absolute atomic E-state index is 13.4. The van der Waals surface area contributed by atoms with E-state index in [4.69, 9.17) is 11.6 Å². The first-order valence-corrected chi connectivity index (χ1v) is 11.4. The third-order valence-electron chi connectivity index (χ3n) is 5.25. The summed E-state index contributed by atoms with van der Waals surface area (Å²) in [5.74, 6) is -1.46. The molecule has 150 valence electrons. The second-order valence-corrected chi connectivity index (χ2v) is 9.66. The van der Waals surface area contributed by atoms with E-state index in [1.54, 1.807) is 24.3 Å². The molecule has 0 bridgehead atoms. The van der Waals surface area contributed by atoms with Gasteiger partial charge in [0.25, 0.3) is 0 Å². The Morgan fingerprint density at radius 2 is 1.70 bits per heavy atom. The highest BCUT2D eigenvalue weighted by atomic mass is 35.5. The van der Waals surface area contributed by atoms with Crippen molar-refractivity contribution in [3.63, 3.8) is 0 Å². The van der Waals surface area contributed by atoms with Crippen molar-refractivity contribution in [1.29, 1.82) is 0 Å². The van der Waals surface area contributed by atoms with Gasteiger partial charge in [-0.3, -0.25) is 14.4 Å². The monoisotopic (exact) mass is 454 g/mol. The average molecular weight is 455 g/mol. The first-order chi connectivity index (χ1) is 14.5. The fourth-order valence-electron chi connectivity index (χ4n) is 3.89. The fraction of sp³-hybridized carbons (Fsp3) is 0.136. The molecule has 30 heavy (non-hydrogen) atoms. The lowest BCUT2D eigenvalue weighted by molar-refractivity contribution is -0.122. The van der Waals surface area contributed by atoms with Crippen LogP contribution in [0.5, 0.6) is 0 Å². The van der Waals surface area contributed by atoms with Crippen LogP contribution in [0.1, 0.15) is 16.4 Å². The number of halogens is 1. The van der Waals surface area contributed by atoms with Gasteiger partial charge in [0.2, 0.25) is 11.8 Å². The molecular weight excluding hydrogens is 440 g/mol. The fourth-order valence-corrected chi connectivity index (χ4v) is 6.50. The zero-order valence-corrected chi connectivity index (χ0v) is 17.8. The second-order valence-electron chi connectivity index (χ2n) is 7.06. The van der Waals surface area contributed by atoms with Crippen LogP contribution in [0.15, 0.2) is 70.5 Å². The van der Waals surface area contributed by atoms with Crippen molar-refractivity contribution in [2.24, 2.45) is 5.92 Å². The van der Waals surface area contributed by atoms with Crippen molar-refractivity contribution < 1.29 is 9.59 Å². The number of thiazole rings is 1. The molecule has 0 saturated carbocycles. The van der Waals surface area contributed by atoms with Gasteiger partial charge in [-0.25, -0.2) is 4.90 Å². The van der Waals surface area contributed by atoms with Crippen molar-refractivity contribution in [3.05, 3.63) is 85.8 Å². The van der Waals surface area contributed by atoms with Crippen LogP contribution >= 0.6 is 34.7 Å². The minimum Gasteiger partial charge on any atom is -0.307 e. The molecule has 3 heterocycles. The molecule has 1 fully saturated rings. The van der Waals surface area contributed by atoms with Crippen molar-refractivity contribution in [1.82, 2.24) is 4.98 Å². The standard InChI is InChI=1S/C22H15ClN2O3S2/c23-13-7-9-14(10-8-13)25-20(26)16-15(11-6-12-4-2-1-3-5-12)17-19(24-22(28)30-17)29-18(16)21(25)27/h1-11,15-16,18H,(H,24,28)/b11-6+/t15-,16-,18+/m0/s1. The van der Waals surface area contributed by atoms with E-state index >= 15 is 0 Å². The van der Waals surface area contributed by atoms with Crippen molar-refractivity contribution in [3.8, 4) is 0 Å². The van der Waals surface area contributed by atoms with Gasteiger partial charge < -0.3 is 4.98 Å². The van der Waals surface area contributed by atoms with E-state index in [-0.39, 0.29) is 22.6 Å². The Kier molecular flexibility index (Phi) is 4.89. The Bertz CT molecular complexity index is 1220. The largest absolute Gasteiger partial charge is 0.307 e. The molecule has 2 amide bonds. The number of allylic oxidation sites excluding steroid dienone is 1. The van der Waals surface area contributed by atoms with Crippen LogP contribution in [0.3, 0.4) is 0 Å². The van der Waals surface area contributed by atoms with Crippen LogP contribution in [0.25, 0.3) is 6.08 Å². The first-order valence-electron chi connectivity index (χ1n) is 9.29. The predicted molar refractivity (Wildman–Crippen MR) is 120 cm³/mol. The Morgan fingerprint density at radius 3 is 2.43 bits per heavy atom. The number of thioether (sulfide) groups is 1. The number of aromatic nitrogens is 1. The van der Waals surface area contributed by atoms with Crippen LogP contribution in [0.2, 0.25) is 5.02 Å². The quantitative estimate of drug-likeness (QED) is 0.589. The third kappa shape index (κ3) is 3.23. The summed E-state index contributed by atoms with van der Waals surface area (Å²) in [6.07, 6.45) is 3.88. The number of rotatable bonds is 3. The molecule has 3 aromatic rings. The molecule has 2 aliphatic rings. The molecule has 3 atom stereocenters. The Hall–Kier alpha value is -2.61. The topological polar surface area (TPSA) is 70.2 Å². The lowest BCUT2D eigenvalue weighted by atomic mass is 9.88. The summed E-state index contributed by atoms with van der Waals surface area (Å²) in [6.45, 7) is 0. The number of imide groups is 1. The Balaban J connectivity index is 1.57. The molecule has 1 saturated heterocycles. The van der Waals surface area contributed by atoms with Crippen molar-refractivity contribution in [2.45, 2.75) is 16.2 Å². The lowest BCUT2D eigenvalue weighted by Crippen LogP contribution is -2.31. The maximum atomic E-state index is 13.4. The molecule has 5 nitrogen and oxygen atoms in total. The van der Waals surface area contributed by atoms with Crippen molar-refractivity contribution >= 4 is 58.3 Å². The second kappa shape index (κ2) is 7.58. The molecule has 2 aliphatic heterocycles. The number of nitrogens with one attached hydrogen (secondary N) is 1. The Morgan fingerprint density at radius 1 is 0.967 bits per heavy atom. The molecule has 8 heteroatoms. The number of H-pyrrole nitrogens is 1. The summed E-state index contributed by atoms with van der Waals surface area (Å²) in [6, 6.07) is 16.4. The van der Waals surface area contributed by atoms with E-state index in [0.717, 1.165) is 21.8 Å². The van der Waals surface area contributed by atoms with Crippen LogP contribution < -0.4 is 9.77 Å². The zero-order chi connectivity index (χ0) is 20.8. The molecule has 1 aromatic heterocycles. The highest BCUT2D eigenvalue weighted by molar-refractivity contribution is 8.00. The summed E-state index contributed by atoms with van der Waals surface area (Å²) in [5.41, 5.74) is 1.50. The maximum Gasteiger partial charge on any atom is 0.305 e. The van der Waals surface area contributed by atoms with Crippen LogP contribution in [0, 0.1) is 5.92 Å². The van der Waals surface area contributed by atoms with Crippen LogP contribution in [-0.4, -0.2) is 22.0 Å². The summed E-state index contributed by atoms with van der Waals surface area (Å²) < 4.78 is 0. The number of amides is 2. The molecule has 0 spiro atoms. The van der Waals surface area contributed by atoms with E-state index in [1.165, 1.54) is 16.7 Å². The zero-order valence-electron chi connectivity index (χ0n) is 15.4. The number of hydrogen-bond acceptors (Lipinski definition) is 5. The first kappa shape index (κ1) is 19.4. The predicted octanol–water partition coefficient (Wildman–Crippen LogP) is 4.55. The lowest BCUT2D eigenvalue weighted by Gasteiger charge is -2.27. The van der Waals surface area contributed by atoms with Gasteiger partial charge in [-0.1, -0.05) is 77.2 Å². The Labute approximate surface area is 185 Å². The number of benzene rings is 2. The van der Waals surface area contributed by atoms with Crippen LogP contribution in [-0.2, 0) is 9.59 Å². The van der Waals surface area contributed by atoms with E-state index in [0.29, 0.717) is 15.7 Å². The number of carbonyl (C=O) groups excluding carboxylic acids is 2. The minimum atomic E-state index is -0.587. The van der Waals surface area contributed by atoms with Gasteiger partial charge >= 0.3 is 4.87 Å². The SMILES string of the molecule is O=C1[C@H]2[C@H](/C=C/c3ccccc3)c3sc(=O)[nH]c3S[C@H]2C(=O)N1c1ccc(Cl)cc1. The number of carbonyl (C=O) groups is 2. The van der Waals surface area contributed by atoms with Gasteiger partial charge in [0.1, 0.15) is 5.25 Å². The van der Waals surface area contributed by atoms with E-state index in [9.17, 15) is 14.4 Å². The van der Waals surface area contributed by atoms with Gasteiger partial charge in [0.05, 0.1) is 16.6 Å². The number of nitrogens with zero attached hydrogens (tertiary/aromatic N) is 1. The third-order valence-corrected chi connectivity index (χ3v) is 7.92. The highest BCUT2D eigenvalue weighted by Gasteiger charge is 2.55. The normalized spacial score (nSPS) is 23.1. The molecule has 1 N–H and O–H groups in total. The number of fused-ring (bicyclic) bond motifs is 2. The smallest absolute Gasteiger partial charge is 0.305 e. The highest BCUT2D eigenvalue weighted by Crippen LogP contribution is 2.51.